The van der Waals surface area contributed by atoms with Gasteiger partial charge in [-0.15, -0.1) is 0 Å². The Bertz CT molecular complexity index is 678. The van der Waals surface area contributed by atoms with Crippen molar-refractivity contribution < 1.29 is 18.6 Å². The molecule has 29 heavy (non-hydrogen) atoms. The highest BCUT2D eigenvalue weighted by Gasteiger charge is 2.11. The number of rotatable bonds is 15. The molecule has 0 bridgehead atoms. The molecule has 2 aromatic carbocycles. The van der Waals surface area contributed by atoms with Crippen LogP contribution in [0.4, 0.5) is 4.39 Å². The lowest BCUT2D eigenvalue weighted by molar-refractivity contribution is 0.0547. The first-order chi connectivity index (χ1) is 14.2. The average molecular weight is 404 g/mol. The number of hydrogen-bond donors (Lipinski definition) is 1. The molecule has 0 aliphatic rings. The van der Waals surface area contributed by atoms with E-state index < -0.39 is 0 Å². The van der Waals surface area contributed by atoms with Crippen molar-refractivity contribution >= 4 is 0 Å². The number of nitrogens with one attached hydrogen (secondary N) is 1. The van der Waals surface area contributed by atoms with Crippen LogP contribution in [0.2, 0.25) is 0 Å². The Kier molecular flexibility index (Phi) is 11.2. The van der Waals surface area contributed by atoms with Crippen molar-refractivity contribution in [2.75, 3.05) is 32.9 Å². The van der Waals surface area contributed by atoms with Crippen molar-refractivity contribution in [2.45, 2.75) is 45.6 Å². The third-order valence-electron chi connectivity index (χ3n) is 4.57. The standard InChI is InChI=1S/C24H34FNO3/c1-3-5-18-28-23-9-6-7-10-24(23)29-19-17-26-16-8-11-22(27-4-2)20-12-14-21(25)15-13-20/h6-7,9-10,12-15,22,26H,3-5,8,11,16-19H2,1-2H3. The maximum atomic E-state index is 13.1. The Labute approximate surface area is 174 Å². The molecule has 0 amide bonds. The Morgan fingerprint density at radius 2 is 1.55 bits per heavy atom. The minimum Gasteiger partial charge on any atom is -0.490 e. The van der Waals surface area contributed by atoms with E-state index in [4.69, 9.17) is 14.2 Å². The summed E-state index contributed by atoms with van der Waals surface area (Å²) in [6.07, 6.45) is 4.01. The number of ether oxygens (including phenoxy) is 3. The predicted octanol–water partition coefficient (Wildman–Crippen LogP) is 5.53. The van der Waals surface area contributed by atoms with Crippen molar-refractivity contribution in [3.05, 3.63) is 59.9 Å². The molecule has 0 aliphatic carbocycles. The summed E-state index contributed by atoms with van der Waals surface area (Å²) in [5.74, 6) is 1.38. The summed E-state index contributed by atoms with van der Waals surface area (Å²) >= 11 is 0. The van der Waals surface area contributed by atoms with E-state index in [1.807, 2.05) is 31.2 Å². The van der Waals surface area contributed by atoms with Gasteiger partial charge in [0.1, 0.15) is 12.4 Å². The van der Waals surface area contributed by atoms with Crippen LogP contribution in [0.1, 0.15) is 51.2 Å². The first-order valence-corrected chi connectivity index (χ1v) is 10.7. The van der Waals surface area contributed by atoms with E-state index in [9.17, 15) is 4.39 Å². The van der Waals surface area contributed by atoms with Crippen LogP contribution in [0.3, 0.4) is 0 Å². The molecule has 0 saturated heterocycles. The highest BCUT2D eigenvalue weighted by atomic mass is 19.1. The van der Waals surface area contributed by atoms with Gasteiger partial charge in [0.2, 0.25) is 0 Å². The van der Waals surface area contributed by atoms with E-state index >= 15 is 0 Å². The van der Waals surface area contributed by atoms with Gasteiger partial charge in [-0.1, -0.05) is 37.6 Å². The van der Waals surface area contributed by atoms with E-state index in [0.717, 1.165) is 55.8 Å². The Hall–Kier alpha value is -2.11. The topological polar surface area (TPSA) is 39.7 Å². The number of para-hydroxylation sites is 2. The van der Waals surface area contributed by atoms with Crippen LogP contribution < -0.4 is 14.8 Å². The van der Waals surface area contributed by atoms with E-state index in [1.54, 1.807) is 12.1 Å². The fourth-order valence-electron chi connectivity index (χ4n) is 3.01. The van der Waals surface area contributed by atoms with E-state index in [1.165, 1.54) is 12.1 Å². The van der Waals surface area contributed by atoms with Gasteiger partial charge in [0.15, 0.2) is 11.5 Å². The second-order valence-corrected chi connectivity index (χ2v) is 6.88. The first kappa shape index (κ1) is 23.2. The molecular formula is C24H34FNO3. The monoisotopic (exact) mass is 403 g/mol. The summed E-state index contributed by atoms with van der Waals surface area (Å²) in [4.78, 5) is 0. The van der Waals surface area contributed by atoms with Gasteiger partial charge in [-0.25, -0.2) is 4.39 Å². The van der Waals surface area contributed by atoms with Gasteiger partial charge in [-0.05, 0) is 62.6 Å². The van der Waals surface area contributed by atoms with Gasteiger partial charge in [-0.3, -0.25) is 0 Å². The van der Waals surface area contributed by atoms with Crippen LogP contribution in [0, 0.1) is 5.82 Å². The van der Waals surface area contributed by atoms with E-state index in [0.29, 0.717) is 19.8 Å². The normalized spacial score (nSPS) is 12.0. The zero-order chi connectivity index (χ0) is 20.7. The van der Waals surface area contributed by atoms with Crippen LogP contribution in [-0.4, -0.2) is 32.9 Å². The Morgan fingerprint density at radius 1 is 0.862 bits per heavy atom. The van der Waals surface area contributed by atoms with Gasteiger partial charge in [0.25, 0.3) is 0 Å². The lowest BCUT2D eigenvalue weighted by atomic mass is 10.0. The third-order valence-corrected chi connectivity index (χ3v) is 4.57. The molecule has 0 radical (unpaired) electrons. The summed E-state index contributed by atoms with van der Waals surface area (Å²) in [5.41, 5.74) is 1.02. The van der Waals surface area contributed by atoms with Crippen molar-refractivity contribution in [2.24, 2.45) is 0 Å². The second kappa shape index (κ2) is 14.0. The third kappa shape index (κ3) is 8.84. The van der Waals surface area contributed by atoms with Crippen LogP contribution in [0.25, 0.3) is 0 Å². The molecule has 0 fully saturated rings. The first-order valence-electron chi connectivity index (χ1n) is 10.7. The SMILES string of the molecule is CCCCOc1ccccc1OCCNCCCC(OCC)c1ccc(F)cc1. The molecule has 1 unspecified atom stereocenters. The summed E-state index contributed by atoms with van der Waals surface area (Å²) in [5, 5.41) is 3.40. The van der Waals surface area contributed by atoms with Crippen LogP contribution >= 0.6 is 0 Å². The van der Waals surface area contributed by atoms with Gasteiger partial charge in [0.05, 0.1) is 12.7 Å². The molecule has 0 heterocycles. The Morgan fingerprint density at radius 3 is 2.21 bits per heavy atom. The summed E-state index contributed by atoms with van der Waals surface area (Å²) in [6, 6.07) is 14.4. The summed E-state index contributed by atoms with van der Waals surface area (Å²) in [6.45, 7) is 7.71. The van der Waals surface area contributed by atoms with Gasteiger partial charge >= 0.3 is 0 Å². The smallest absolute Gasteiger partial charge is 0.161 e. The fourth-order valence-corrected chi connectivity index (χ4v) is 3.01. The predicted molar refractivity (Wildman–Crippen MR) is 115 cm³/mol. The van der Waals surface area contributed by atoms with Crippen LogP contribution in [0.15, 0.2) is 48.5 Å². The maximum Gasteiger partial charge on any atom is 0.161 e. The number of unbranched alkanes of at least 4 members (excludes halogenated alkanes) is 1. The molecule has 2 aromatic rings. The molecule has 0 aromatic heterocycles. The molecule has 0 saturated carbocycles. The molecule has 2 rings (SSSR count). The van der Waals surface area contributed by atoms with Crippen molar-refractivity contribution in [3.8, 4) is 11.5 Å². The zero-order valence-electron chi connectivity index (χ0n) is 17.7. The Balaban J connectivity index is 1.65. The highest BCUT2D eigenvalue weighted by molar-refractivity contribution is 5.39. The van der Waals surface area contributed by atoms with Crippen LogP contribution in [-0.2, 0) is 4.74 Å². The number of benzene rings is 2. The highest BCUT2D eigenvalue weighted by Crippen LogP contribution is 2.26. The van der Waals surface area contributed by atoms with Crippen molar-refractivity contribution in [1.29, 1.82) is 0 Å². The van der Waals surface area contributed by atoms with Gasteiger partial charge in [-0.2, -0.15) is 0 Å². The van der Waals surface area contributed by atoms with E-state index in [-0.39, 0.29) is 11.9 Å². The average Bonchev–Trinajstić information content (AvgIpc) is 2.74. The zero-order valence-corrected chi connectivity index (χ0v) is 17.7. The maximum absolute atomic E-state index is 13.1. The quantitative estimate of drug-likeness (QED) is 0.397. The van der Waals surface area contributed by atoms with Crippen molar-refractivity contribution in [1.82, 2.24) is 5.32 Å². The number of hydrogen-bond acceptors (Lipinski definition) is 4. The minimum atomic E-state index is -0.219. The molecular weight excluding hydrogens is 369 g/mol. The van der Waals surface area contributed by atoms with Gasteiger partial charge in [0, 0.05) is 13.2 Å². The fraction of sp³-hybridized carbons (Fsp3) is 0.500. The molecule has 1 N–H and O–H groups in total. The lowest BCUT2D eigenvalue weighted by Gasteiger charge is -2.18. The second-order valence-electron chi connectivity index (χ2n) is 6.88. The molecule has 1 atom stereocenters. The van der Waals surface area contributed by atoms with Crippen molar-refractivity contribution in [3.63, 3.8) is 0 Å². The molecule has 160 valence electrons. The summed E-state index contributed by atoms with van der Waals surface area (Å²) < 4.78 is 30.6. The summed E-state index contributed by atoms with van der Waals surface area (Å²) in [7, 11) is 0. The minimum absolute atomic E-state index is 0.00537. The molecule has 4 nitrogen and oxygen atoms in total. The van der Waals surface area contributed by atoms with Gasteiger partial charge < -0.3 is 19.5 Å². The van der Waals surface area contributed by atoms with Crippen LogP contribution in [0.5, 0.6) is 11.5 Å². The molecule has 5 heteroatoms. The number of halogens is 1. The lowest BCUT2D eigenvalue weighted by Crippen LogP contribution is -2.22. The molecule has 0 spiro atoms. The largest absolute Gasteiger partial charge is 0.490 e. The van der Waals surface area contributed by atoms with E-state index in [2.05, 4.69) is 12.2 Å². The molecule has 0 aliphatic heterocycles.